The van der Waals surface area contributed by atoms with Crippen LogP contribution in [0.5, 0.6) is 0 Å². The number of hydrogen-bond donors (Lipinski definition) is 0. The lowest BCUT2D eigenvalue weighted by Crippen LogP contribution is -2.42. The minimum absolute atomic E-state index is 0.0707. The van der Waals surface area contributed by atoms with Gasteiger partial charge in [0.1, 0.15) is 0 Å². The zero-order valence-corrected chi connectivity index (χ0v) is 11.2. The highest BCUT2D eigenvalue weighted by Crippen LogP contribution is 2.40. The third kappa shape index (κ3) is 4.24. The van der Waals surface area contributed by atoms with Gasteiger partial charge in [-0.25, -0.2) is 0 Å². The summed E-state index contributed by atoms with van der Waals surface area (Å²) in [7, 11) is 0. The van der Waals surface area contributed by atoms with E-state index in [4.69, 9.17) is 0 Å². The molecule has 1 fully saturated rings. The molecule has 0 amide bonds. The fourth-order valence-electron chi connectivity index (χ4n) is 2.47. The second-order valence-electron chi connectivity index (χ2n) is 4.76. The van der Waals surface area contributed by atoms with Crippen molar-refractivity contribution in [1.82, 2.24) is 4.90 Å². The summed E-state index contributed by atoms with van der Waals surface area (Å²) in [4.78, 5) is 1.52. The van der Waals surface area contributed by atoms with Crippen LogP contribution in [0.15, 0.2) is 0 Å². The van der Waals surface area contributed by atoms with Gasteiger partial charge in [-0.15, -0.1) is 0 Å². The zero-order chi connectivity index (χ0) is 12.2. The molecule has 96 valence electrons. The minimum Gasteiger partial charge on any atom is -0.295 e. The first-order valence-corrected chi connectivity index (χ1v) is 6.88. The van der Waals surface area contributed by atoms with Crippen LogP contribution in [0.1, 0.15) is 32.6 Å². The third-order valence-electron chi connectivity index (χ3n) is 3.36. The van der Waals surface area contributed by atoms with Gasteiger partial charge in [0.05, 0.1) is 6.54 Å². The van der Waals surface area contributed by atoms with E-state index in [1.807, 2.05) is 0 Å². The van der Waals surface area contributed by atoms with Crippen molar-refractivity contribution in [3.63, 3.8) is 0 Å². The molecule has 0 atom stereocenters. The van der Waals surface area contributed by atoms with Gasteiger partial charge in [0.15, 0.2) is 0 Å². The van der Waals surface area contributed by atoms with Gasteiger partial charge in [0, 0.05) is 11.9 Å². The molecule has 0 heterocycles. The van der Waals surface area contributed by atoms with Crippen LogP contribution in [0.3, 0.4) is 0 Å². The number of nitrogens with zero attached hydrogens (tertiary/aromatic N) is 1. The number of rotatable bonds is 5. The summed E-state index contributed by atoms with van der Waals surface area (Å²) < 4.78 is 37.0. The van der Waals surface area contributed by atoms with E-state index in [1.165, 1.54) is 4.90 Å². The van der Waals surface area contributed by atoms with Crippen LogP contribution in [0.25, 0.3) is 0 Å². The maximum absolute atomic E-state index is 12.3. The molecular weight excluding hydrogens is 283 g/mol. The van der Waals surface area contributed by atoms with Crippen molar-refractivity contribution in [3.8, 4) is 0 Å². The van der Waals surface area contributed by atoms with Crippen LogP contribution >= 0.6 is 15.9 Å². The van der Waals surface area contributed by atoms with Crippen LogP contribution in [-0.2, 0) is 0 Å². The first kappa shape index (κ1) is 14.3. The summed E-state index contributed by atoms with van der Waals surface area (Å²) in [5, 5.41) is 0.814. The maximum Gasteiger partial charge on any atom is 0.401 e. The van der Waals surface area contributed by atoms with E-state index < -0.39 is 12.7 Å². The highest BCUT2D eigenvalue weighted by atomic mass is 79.9. The Bertz CT molecular complexity index is 212. The largest absolute Gasteiger partial charge is 0.401 e. The van der Waals surface area contributed by atoms with E-state index >= 15 is 0 Å². The van der Waals surface area contributed by atoms with Crippen molar-refractivity contribution >= 4 is 15.9 Å². The van der Waals surface area contributed by atoms with Crippen LogP contribution in [0, 0.1) is 5.41 Å². The highest BCUT2D eigenvalue weighted by Gasteiger charge is 2.37. The van der Waals surface area contributed by atoms with E-state index in [1.54, 1.807) is 6.92 Å². The fourth-order valence-corrected chi connectivity index (χ4v) is 3.20. The van der Waals surface area contributed by atoms with Crippen molar-refractivity contribution in [2.45, 2.75) is 38.8 Å². The standard InChI is InChI=1S/C11H19BrF3N/c1-2-16(9-11(13,14)15)8-10(7-12)5-3-4-6-10/h2-9H2,1H3. The molecule has 0 spiro atoms. The second-order valence-corrected chi connectivity index (χ2v) is 5.32. The van der Waals surface area contributed by atoms with E-state index in [-0.39, 0.29) is 5.41 Å². The molecule has 1 aliphatic rings. The van der Waals surface area contributed by atoms with E-state index in [0.717, 1.165) is 31.0 Å². The minimum atomic E-state index is -4.08. The Kier molecular flexibility index (Phi) is 5.10. The number of halogens is 4. The van der Waals surface area contributed by atoms with Gasteiger partial charge in [-0.05, 0) is 24.8 Å². The molecule has 0 radical (unpaired) electrons. The molecule has 1 saturated carbocycles. The molecule has 0 aromatic rings. The Morgan fingerprint density at radius 3 is 2.19 bits per heavy atom. The lowest BCUT2D eigenvalue weighted by Gasteiger charge is -2.33. The van der Waals surface area contributed by atoms with Gasteiger partial charge in [-0.3, -0.25) is 4.90 Å². The lowest BCUT2D eigenvalue weighted by molar-refractivity contribution is -0.148. The summed E-state index contributed by atoms with van der Waals surface area (Å²) in [5.41, 5.74) is 0.0707. The topological polar surface area (TPSA) is 3.24 Å². The Labute approximate surface area is 104 Å². The van der Waals surface area contributed by atoms with Crippen molar-refractivity contribution in [3.05, 3.63) is 0 Å². The molecule has 0 aromatic carbocycles. The van der Waals surface area contributed by atoms with Gasteiger partial charge >= 0.3 is 6.18 Å². The summed E-state index contributed by atoms with van der Waals surface area (Å²) in [6, 6.07) is 0. The smallest absolute Gasteiger partial charge is 0.295 e. The quantitative estimate of drug-likeness (QED) is 0.698. The molecule has 0 bridgehead atoms. The Morgan fingerprint density at radius 2 is 1.81 bits per heavy atom. The average molecular weight is 302 g/mol. The van der Waals surface area contributed by atoms with Crippen LogP contribution < -0.4 is 0 Å². The molecule has 1 rings (SSSR count). The van der Waals surface area contributed by atoms with Crippen molar-refractivity contribution < 1.29 is 13.2 Å². The van der Waals surface area contributed by atoms with E-state index in [2.05, 4.69) is 15.9 Å². The molecule has 0 aliphatic heterocycles. The predicted octanol–water partition coefficient (Wildman–Crippen LogP) is 3.83. The van der Waals surface area contributed by atoms with Crippen LogP contribution in [-0.4, -0.2) is 36.0 Å². The summed E-state index contributed by atoms with van der Waals surface area (Å²) in [5.74, 6) is 0. The monoisotopic (exact) mass is 301 g/mol. The molecular formula is C11H19BrF3N. The first-order chi connectivity index (χ1) is 7.41. The van der Waals surface area contributed by atoms with Gasteiger partial charge in [0.25, 0.3) is 0 Å². The molecule has 0 N–H and O–H groups in total. The van der Waals surface area contributed by atoms with Gasteiger partial charge < -0.3 is 0 Å². The van der Waals surface area contributed by atoms with Gasteiger partial charge in [-0.2, -0.15) is 13.2 Å². The lowest BCUT2D eigenvalue weighted by atomic mass is 9.88. The number of alkyl halides is 4. The maximum atomic E-state index is 12.3. The SMILES string of the molecule is CCN(CC(F)(F)F)CC1(CBr)CCCC1. The van der Waals surface area contributed by atoms with Crippen LogP contribution in [0.4, 0.5) is 13.2 Å². The van der Waals surface area contributed by atoms with Gasteiger partial charge in [0.2, 0.25) is 0 Å². The fraction of sp³-hybridized carbons (Fsp3) is 1.00. The normalized spacial score (nSPS) is 20.6. The Morgan fingerprint density at radius 1 is 1.25 bits per heavy atom. The Hall–Kier alpha value is 0.230. The number of hydrogen-bond acceptors (Lipinski definition) is 1. The Balaban J connectivity index is 2.54. The zero-order valence-electron chi connectivity index (χ0n) is 9.62. The van der Waals surface area contributed by atoms with Gasteiger partial charge in [-0.1, -0.05) is 35.7 Å². The second kappa shape index (κ2) is 5.71. The predicted molar refractivity (Wildman–Crippen MR) is 62.9 cm³/mol. The summed E-state index contributed by atoms with van der Waals surface area (Å²) in [6.45, 7) is 2.05. The van der Waals surface area contributed by atoms with E-state index in [9.17, 15) is 13.2 Å². The highest BCUT2D eigenvalue weighted by molar-refractivity contribution is 9.09. The van der Waals surface area contributed by atoms with Crippen molar-refractivity contribution in [1.29, 1.82) is 0 Å². The van der Waals surface area contributed by atoms with Crippen molar-refractivity contribution in [2.24, 2.45) is 5.41 Å². The van der Waals surface area contributed by atoms with Crippen LogP contribution in [0.2, 0.25) is 0 Å². The first-order valence-electron chi connectivity index (χ1n) is 5.76. The molecule has 0 saturated heterocycles. The third-order valence-corrected chi connectivity index (χ3v) is 4.55. The molecule has 0 aromatic heterocycles. The molecule has 1 aliphatic carbocycles. The summed E-state index contributed by atoms with van der Waals surface area (Å²) in [6.07, 6.45) is 0.311. The average Bonchev–Trinajstić information content (AvgIpc) is 2.64. The summed E-state index contributed by atoms with van der Waals surface area (Å²) >= 11 is 3.46. The molecule has 0 unspecified atom stereocenters. The molecule has 1 nitrogen and oxygen atoms in total. The van der Waals surface area contributed by atoms with Crippen molar-refractivity contribution in [2.75, 3.05) is 25.0 Å². The van der Waals surface area contributed by atoms with E-state index in [0.29, 0.717) is 13.1 Å². The molecule has 5 heteroatoms. The molecule has 16 heavy (non-hydrogen) atoms.